The molecule has 1 aliphatic carbocycles. The summed E-state index contributed by atoms with van der Waals surface area (Å²) in [6.45, 7) is 2.15. The van der Waals surface area contributed by atoms with E-state index in [-0.39, 0.29) is 5.56 Å². The Morgan fingerprint density at radius 2 is 2.00 bits per heavy atom. The van der Waals surface area contributed by atoms with Gasteiger partial charge in [0.25, 0.3) is 0 Å². The van der Waals surface area contributed by atoms with Crippen molar-refractivity contribution in [3.8, 4) is 0 Å². The summed E-state index contributed by atoms with van der Waals surface area (Å²) in [5, 5.41) is 0. The van der Waals surface area contributed by atoms with Gasteiger partial charge in [-0.2, -0.15) is 0 Å². The molecule has 1 aromatic carbocycles. The first-order valence-corrected chi connectivity index (χ1v) is 6.76. The normalized spacial score (nSPS) is 28.3. The molecular formula is C15H21F2N. The number of benzene rings is 1. The molecule has 1 aromatic rings. The summed E-state index contributed by atoms with van der Waals surface area (Å²) in [7, 11) is 0. The van der Waals surface area contributed by atoms with Crippen molar-refractivity contribution in [2.45, 2.75) is 51.0 Å². The molecule has 2 unspecified atom stereocenters. The number of halogens is 2. The Morgan fingerprint density at radius 3 is 2.61 bits per heavy atom. The van der Waals surface area contributed by atoms with E-state index in [1.165, 1.54) is 24.6 Å². The summed E-state index contributed by atoms with van der Waals surface area (Å²) in [4.78, 5) is 0. The highest BCUT2D eigenvalue weighted by atomic mass is 19.1. The molecule has 0 amide bonds. The molecule has 0 radical (unpaired) electrons. The van der Waals surface area contributed by atoms with Gasteiger partial charge in [-0.3, -0.25) is 0 Å². The van der Waals surface area contributed by atoms with Gasteiger partial charge in [0, 0.05) is 11.1 Å². The van der Waals surface area contributed by atoms with Crippen LogP contribution in [0.2, 0.25) is 0 Å². The fourth-order valence-corrected chi connectivity index (χ4v) is 3.08. The fourth-order valence-electron chi connectivity index (χ4n) is 3.08. The maximum atomic E-state index is 13.7. The zero-order valence-electron chi connectivity index (χ0n) is 10.9. The predicted octanol–water partition coefficient (Wildman–Crippen LogP) is 3.81. The average molecular weight is 253 g/mol. The molecule has 1 nitrogen and oxygen atoms in total. The van der Waals surface area contributed by atoms with Crippen LogP contribution in [0.15, 0.2) is 18.2 Å². The van der Waals surface area contributed by atoms with Crippen LogP contribution in [-0.4, -0.2) is 5.54 Å². The van der Waals surface area contributed by atoms with Gasteiger partial charge in [0.05, 0.1) is 0 Å². The van der Waals surface area contributed by atoms with Crippen LogP contribution in [0.25, 0.3) is 0 Å². The largest absolute Gasteiger partial charge is 0.325 e. The zero-order valence-corrected chi connectivity index (χ0v) is 10.9. The average Bonchev–Trinajstić information content (AvgIpc) is 2.34. The Labute approximate surface area is 107 Å². The van der Waals surface area contributed by atoms with Gasteiger partial charge in [-0.15, -0.1) is 0 Å². The summed E-state index contributed by atoms with van der Waals surface area (Å²) in [5.41, 5.74) is 6.07. The van der Waals surface area contributed by atoms with Crippen molar-refractivity contribution in [2.75, 3.05) is 0 Å². The lowest BCUT2D eigenvalue weighted by Crippen LogP contribution is -2.46. The van der Waals surface area contributed by atoms with E-state index < -0.39 is 17.2 Å². The van der Waals surface area contributed by atoms with E-state index in [4.69, 9.17) is 5.73 Å². The molecule has 0 heterocycles. The third-order valence-corrected chi connectivity index (χ3v) is 4.15. The molecule has 3 heteroatoms. The van der Waals surface area contributed by atoms with Crippen molar-refractivity contribution >= 4 is 0 Å². The van der Waals surface area contributed by atoms with Gasteiger partial charge in [0.2, 0.25) is 0 Å². The monoisotopic (exact) mass is 253 g/mol. The van der Waals surface area contributed by atoms with Crippen molar-refractivity contribution in [1.82, 2.24) is 0 Å². The molecule has 2 rings (SSSR count). The first-order valence-electron chi connectivity index (χ1n) is 6.76. The van der Waals surface area contributed by atoms with Crippen LogP contribution in [0, 0.1) is 17.6 Å². The lowest BCUT2D eigenvalue weighted by molar-refractivity contribution is 0.215. The Kier molecular flexibility index (Phi) is 4.00. The predicted molar refractivity (Wildman–Crippen MR) is 69.2 cm³/mol. The number of hydrogen-bond acceptors (Lipinski definition) is 1. The van der Waals surface area contributed by atoms with Gasteiger partial charge >= 0.3 is 0 Å². The van der Waals surface area contributed by atoms with Crippen molar-refractivity contribution in [3.63, 3.8) is 0 Å². The van der Waals surface area contributed by atoms with Crippen molar-refractivity contribution in [3.05, 3.63) is 35.4 Å². The van der Waals surface area contributed by atoms with Crippen molar-refractivity contribution < 1.29 is 8.78 Å². The summed E-state index contributed by atoms with van der Waals surface area (Å²) in [5.74, 6) is -0.351. The second kappa shape index (κ2) is 5.35. The van der Waals surface area contributed by atoms with E-state index in [9.17, 15) is 8.78 Å². The second-order valence-corrected chi connectivity index (χ2v) is 5.61. The number of rotatable bonds is 3. The molecule has 0 saturated heterocycles. The van der Waals surface area contributed by atoms with Crippen molar-refractivity contribution in [1.29, 1.82) is 0 Å². The smallest absolute Gasteiger partial charge is 0.129 e. The molecule has 18 heavy (non-hydrogen) atoms. The number of nitrogens with two attached hydrogens (primary N) is 1. The van der Waals surface area contributed by atoms with Crippen LogP contribution in [0.3, 0.4) is 0 Å². The molecular weight excluding hydrogens is 232 g/mol. The van der Waals surface area contributed by atoms with E-state index in [2.05, 4.69) is 6.92 Å². The van der Waals surface area contributed by atoms with Crippen LogP contribution in [0.1, 0.15) is 44.6 Å². The van der Waals surface area contributed by atoms with E-state index in [0.717, 1.165) is 25.7 Å². The van der Waals surface area contributed by atoms with Crippen LogP contribution in [0.4, 0.5) is 8.78 Å². The van der Waals surface area contributed by atoms with Gasteiger partial charge in [0.15, 0.2) is 0 Å². The van der Waals surface area contributed by atoms with Crippen LogP contribution < -0.4 is 5.73 Å². The third kappa shape index (κ3) is 2.89. The first-order chi connectivity index (χ1) is 8.54. The van der Waals surface area contributed by atoms with Crippen LogP contribution in [0.5, 0.6) is 0 Å². The lowest BCUT2D eigenvalue weighted by atomic mass is 9.72. The molecule has 1 fully saturated rings. The van der Waals surface area contributed by atoms with Gasteiger partial charge < -0.3 is 5.73 Å². The second-order valence-electron chi connectivity index (χ2n) is 5.61. The minimum Gasteiger partial charge on any atom is -0.325 e. The maximum Gasteiger partial charge on any atom is 0.129 e. The number of hydrogen-bond donors (Lipinski definition) is 1. The standard InChI is InChI=1S/C15H21F2N/c1-2-11-5-4-8-15(18,9-11)10-12-13(16)6-3-7-14(12)17/h3,6-7,11H,2,4-5,8-10,18H2,1H3. The Morgan fingerprint density at radius 1 is 1.33 bits per heavy atom. The highest BCUT2D eigenvalue weighted by molar-refractivity contribution is 5.22. The highest BCUT2D eigenvalue weighted by Crippen LogP contribution is 2.35. The quantitative estimate of drug-likeness (QED) is 0.871. The summed E-state index contributed by atoms with van der Waals surface area (Å²) in [6.07, 6.45) is 5.38. The topological polar surface area (TPSA) is 26.0 Å². The lowest BCUT2D eigenvalue weighted by Gasteiger charge is -2.38. The molecule has 2 atom stereocenters. The van der Waals surface area contributed by atoms with E-state index in [1.54, 1.807) is 0 Å². The van der Waals surface area contributed by atoms with E-state index in [0.29, 0.717) is 12.3 Å². The Hall–Kier alpha value is -0.960. The highest BCUT2D eigenvalue weighted by Gasteiger charge is 2.33. The Bertz CT molecular complexity index is 399. The van der Waals surface area contributed by atoms with E-state index in [1.807, 2.05) is 0 Å². The maximum absolute atomic E-state index is 13.7. The molecule has 0 aromatic heterocycles. The minimum absolute atomic E-state index is 0.150. The summed E-state index contributed by atoms with van der Waals surface area (Å²) < 4.78 is 27.3. The molecule has 2 N–H and O–H groups in total. The van der Waals surface area contributed by atoms with Gasteiger partial charge in [0.1, 0.15) is 11.6 Å². The third-order valence-electron chi connectivity index (χ3n) is 4.15. The molecule has 0 aliphatic heterocycles. The SMILES string of the molecule is CCC1CCCC(N)(Cc2c(F)cccc2F)C1. The van der Waals surface area contributed by atoms with Gasteiger partial charge in [-0.1, -0.05) is 32.3 Å². The zero-order chi connectivity index (χ0) is 13.2. The minimum atomic E-state index is -0.474. The fraction of sp³-hybridized carbons (Fsp3) is 0.600. The Balaban J connectivity index is 2.17. The summed E-state index contributed by atoms with van der Waals surface area (Å²) >= 11 is 0. The molecule has 1 aliphatic rings. The van der Waals surface area contributed by atoms with Gasteiger partial charge in [-0.05, 0) is 37.3 Å². The van der Waals surface area contributed by atoms with Crippen LogP contribution in [-0.2, 0) is 6.42 Å². The summed E-state index contributed by atoms with van der Waals surface area (Å²) in [6, 6.07) is 4.01. The molecule has 0 spiro atoms. The van der Waals surface area contributed by atoms with E-state index >= 15 is 0 Å². The molecule has 1 saturated carbocycles. The molecule has 0 bridgehead atoms. The van der Waals surface area contributed by atoms with Gasteiger partial charge in [-0.25, -0.2) is 8.78 Å². The molecule has 100 valence electrons. The first kappa shape index (κ1) is 13.5. The van der Waals surface area contributed by atoms with Crippen LogP contribution >= 0.6 is 0 Å². The van der Waals surface area contributed by atoms with Crippen molar-refractivity contribution in [2.24, 2.45) is 11.7 Å².